The molecule has 1 heterocycles. The van der Waals surface area contributed by atoms with Crippen LogP contribution in [0, 0.1) is 11.3 Å². The van der Waals surface area contributed by atoms with Crippen LogP contribution in [-0.2, 0) is 0 Å². The van der Waals surface area contributed by atoms with Crippen molar-refractivity contribution < 1.29 is 4.79 Å². The van der Waals surface area contributed by atoms with Gasteiger partial charge in [0.25, 0.3) is 0 Å². The molecule has 118 valence electrons. The second kappa shape index (κ2) is 8.34. The maximum atomic E-state index is 11.8. The Morgan fingerprint density at radius 2 is 2.04 bits per heavy atom. The van der Waals surface area contributed by atoms with Crippen LogP contribution in [0.4, 0.5) is 10.6 Å². The lowest BCUT2D eigenvalue weighted by Crippen LogP contribution is -2.39. The molecule has 1 aromatic heterocycles. The van der Waals surface area contributed by atoms with E-state index in [-0.39, 0.29) is 12.1 Å². The predicted octanol–water partition coefficient (Wildman–Crippen LogP) is 1.82. The van der Waals surface area contributed by atoms with E-state index in [0.29, 0.717) is 24.5 Å². The fourth-order valence-electron chi connectivity index (χ4n) is 1.93. The van der Waals surface area contributed by atoms with Crippen molar-refractivity contribution in [3.8, 4) is 6.07 Å². The highest BCUT2D eigenvalue weighted by Crippen LogP contribution is 2.12. The molecule has 0 saturated carbocycles. The molecule has 2 aromatic rings. The number of benzene rings is 1. The van der Waals surface area contributed by atoms with Crippen molar-refractivity contribution in [3.05, 3.63) is 54.0 Å². The van der Waals surface area contributed by atoms with E-state index < -0.39 is 0 Å². The molecule has 1 unspecified atom stereocenters. The second-order valence-electron chi connectivity index (χ2n) is 4.87. The molecule has 0 aliphatic carbocycles. The summed E-state index contributed by atoms with van der Waals surface area (Å²) in [7, 11) is 0. The van der Waals surface area contributed by atoms with Crippen molar-refractivity contribution in [1.29, 1.82) is 5.26 Å². The zero-order valence-corrected chi connectivity index (χ0v) is 12.8. The zero-order chi connectivity index (χ0) is 16.5. The van der Waals surface area contributed by atoms with Gasteiger partial charge in [-0.25, -0.2) is 9.78 Å². The third kappa shape index (κ3) is 5.28. The molecule has 0 aliphatic rings. The van der Waals surface area contributed by atoms with E-state index in [4.69, 9.17) is 5.26 Å². The number of hydrogen-bond acceptors (Lipinski definition) is 5. The SMILES string of the molecule is CC(NC(=O)NCCNc1cnccn1)c1ccc(C#N)cc1. The Balaban J connectivity index is 1.70. The molecule has 2 amide bonds. The summed E-state index contributed by atoms with van der Waals surface area (Å²) in [6.45, 7) is 2.90. The van der Waals surface area contributed by atoms with Gasteiger partial charge in [-0.3, -0.25) is 4.98 Å². The van der Waals surface area contributed by atoms with Crippen LogP contribution in [0.25, 0.3) is 0 Å². The van der Waals surface area contributed by atoms with Gasteiger partial charge < -0.3 is 16.0 Å². The Bertz CT molecular complexity index is 665. The van der Waals surface area contributed by atoms with Crippen LogP contribution in [0.1, 0.15) is 24.1 Å². The number of amides is 2. The highest BCUT2D eigenvalue weighted by Gasteiger charge is 2.08. The summed E-state index contributed by atoms with van der Waals surface area (Å²) in [5, 5.41) is 17.4. The summed E-state index contributed by atoms with van der Waals surface area (Å²) in [5.41, 5.74) is 1.54. The number of hydrogen-bond donors (Lipinski definition) is 3. The van der Waals surface area contributed by atoms with Crippen LogP contribution in [0.3, 0.4) is 0 Å². The number of nitrogens with one attached hydrogen (secondary N) is 3. The summed E-state index contributed by atoms with van der Waals surface area (Å²) in [4.78, 5) is 19.8. The molecule has 0 bridgehead atoms. The quantitative estimate of drug-likeness (QED) is 0.706. The third-order valence-electron chi connectivity index (χ3n) is 3.17. The summed E-state index contributed by atoms with van der Waals surface area (Å²) in [6.07, 6.45) is 4.82. The van der Waals surface area contributed by atoms with Crippen LogP contribution in [-0.4, -0.2) is 29.1 Å². The standard InChI is InChI=1S/C16H18N6O/c1-12(14-4-2-13(10-17)3-5-14)22-16(23)21-9-8-20-15-11-18-6-7-19-15/h2-7,11-12H,8-9H2,1H3,(H,19,20)(H2,21,22,23). The Morgan fingerprint density at radius 3 is 2.70 bits per heavy atom. The molecular formula is C16H18N6O. The highest BCUT2D eigenvalue weighted by atomic mass is 16.2. The van der Waals surface area contributed by atoms with E-state index >= 15 is 0 Å². The number of carbonyl (C=O) groups excluding carboxylic acids is 1. The van der Waals surface area contributed by atoms with Crippen LogP contribution < -0.4 is 16.0 Å². The molecule has 3 N–H and O–H groups in total. The first kappa shape index (κ1) is 16.2. The summed E-state index contributed by atoms with van der Waals surface area (Å²) in [5.74, 6) is 0.667. The highest BCUT2D eigenvalue weighted by molar-refractivity contribution is 5.74. The second-order valence-corrected chi connectivity index (χ2v) is 4.87. The van der Waals surface area contributed by atoms with E-state index in [0.717, 1.165) is 5.56 Å². The molecular weight excluding hydrogens is 292 g/mol. The first-order valence-corrected chi connectivity index (χ1v) is 7.23. The number of urea groups is 1. The number of carbonyl (C=O) groups is 1. The average molecular weight is 310 g/mol. The van der Waals surface area contributed by atoms with Gasteiger partial charge in [0.15, 0.2) is 0 Å². The maximum absolute atomic E-state index is 11.8. The molecule has 1 atom stereocenters. The summed E-state index contributed by atoms with van der Waals surface area (Å²) >= 11 is 0. The number of rotatable bonds is 6. The Labute approximate surface area is 134 Å². The average Bonchev–Trinajstić information content (AvgIpc) is 2.59. The van der Waals surface area contributed by atoms with Crippen molar-refractivity contribution in [2.75, 3.05) is 18.4 Å². The lowest BCUT2D eigenvalue weighted by Gasteiger charge is -2.15. The minimum absolute atomic E-state index is 0.143. The van der Waals surface area contributed by atoms with E-state index in [1.807, 2.05) is 19.1 Å². The van der Waals surface area contributed by atoms with Gasteiger partial charge in [0, 0.05) is 25.5 Å². The van der Waals surface area contributed by atoms with Gasteiger partial charge in [0.2, 0.25) is 0 Å². The van der Waals surface area contributed by atoms with E-state index in [2.05, 4.69) is 32.0 Å². The van der Waals surface area contributed by atoms with Gasteiger partial charge in [-0.05, 0) is 24.6 Å². The molecule has 23 heavy (non-hydrogen) atoms. The number of nitrogens with zero attached hydrogens (tertiary/aromatic N) is 3. The van der Waals surface area contributed by atoms with Gasteiger partial charge in [0.1, 0.15) is 5.82 Å². The molecule has 0 saturated heterocycles. The molecule has 0 radical (unpaired) electrons. The largest absolute Gasteiger partial charge is 0.367 e. The van der Waals surface area contributed by atoms with Gasteiger partial charge in [-0.15, -0.1) is 0 Å². The number of aromatic nitrogens is 2. The van der Waals surface area contributed by atoms with Crippen molar-refractivity contribution >= 4 is 11.8 Å². The molecule has 1 aromatic carbocycles. The van der Waals surface area contributed by atoms with E-state index in [1.54, 1.807) is 30.7 Å². The minimum atomic E-state index is -0.247. The monoisotopic (exact) mass is 310 g/mol. The van der Waals surface area contributed by atoms with Crippen LogP contribution in [0.15, 0.2) is 42.9 Å². The Hall–Kier alpha value is -3.14. The first-order valence-electron chi connectivity index (χ1n) is 7.23. The molecule has 0 aliphatic heterocycles. The van der Waals surface area contributed by atoms with Crippen molar-refractivity contribution in [2.24, 2.45) is 0 Å². The fraction of sp³-hybridized carbons (Fsp3) is 0.250. The third-order valence-corrected chi connectivity index (χ3v) is 3.17. The smallest absolute Gasteiger partial charge is 0.315 e. The summed E-state index contributed by atoms with van der Waals surface area (Å²) < 4.78 is 0. The Morgan fingerprint density at radius 1 is 1.26 bits per heavy atom. The van der Waals surface area contributed by atoms with E-state index in [1.165, 1.54) is 0 Å². The van der Waals surface area contributed by atoms with Gasteiger partial charge >= 0.3 is 6.03 Å². The van der Waals surface area contributed by atoms with Crippen molar-refractivity contribution in [1.82, 2.24) is 20.6 Å². The molecule has 0 fully saturated rings. The normalized spacial score (nSPS) is 11.1. The van der Waals surface area contributed by atoms with Crippen molar-refractivity contribution in [2.45, 2.75) is 13.0 Å². The maximum Gasteiger partial charge on any atom is 0.315 e. The van der Waals surface area contributed by atoms with Gasteiger partial charge in [-0.1, -0.05) is 12.1 Å². The number of anilines is 1. The first-order chi connectivity index (χ1) is 11.2. The van der Waals surface area contributed by atoms with Crippen LogP contribution in [0.2, 0.25) is 0 Å². The fourth-order valence-corrected chi connectivity index (χ4v) is 1.93. The minimum Gasteiger partial charge on any atom is -0.367 e. The molecule has 7 heteroatoms. The lowest BCUT2D eigenvalue weighted by atomic mass is 10.1. The zero-order valence-electron chi connectivity index (χ0n) is 12.8. The molecule has 7 nitrogen and oxygen atoms in total. The van der Waals surface area contributed by atoms with Crippen molar-refractivity contribution in [3.63, 3.8) is 0 Å². The molecule has 0 spiro atoms. The summed E-state index contributed by atoms with van der Waals surface area (Å²) in [6, 6.07) is 8.80. The van der Waals surface area contributed by atoms with Gasteiger partial charge in [-0.2, -0.15) is 5.26 Å². The van der Waals surface area contributed by atoms with Gasteiger partial charge in [0.05, 0.1) is 23.9 Å². The number of nitriles is 1. The van der Waals surface area contributed by atoms with E-state index in [9.17, 15) is 4.79 Å². The predicted molar refractivity (Wildman–Crippen MR) is 86.6 cm³/mol. The van der Waals surface area contributed by atoms with Crippen LogP contribution in [0.5, 0.6) is 0 Å². The lowest BCUT2D eigenvalue weighted by molar-refractivity contribution is 0.238. The Kier molecular flexibility index (Phi) is 5.89. The molecule has 2 rings (SSSR count). The topological polar surface area (TPSA) is 103 Å². The van der Waals surface area contributed by atoms with Crippen LogP contribution >= 0.6 is 0 Å².